The molecule has 174 valence electrons. The van der Waals surface area contributed by atoms with Crippen LogP contribution in [0, 0.1) is 9.12 Å². The number of carboxylic acid groups (broad SMARTS) is 1. The van der Waals surface area contributed by atoms with Crippen molar-refractivity contribution >= 4 is 57.3 Å². The van der Waals surface area contributed by atoms with Crippen molar-refractivity contribution in [1.82, 2.24) is 25.1 Å². The highest BCUT2D eigenvalue weighted by Crippen LogP contribution is 2.43. The van der Waals surface area contributed by atoms with Crippen LogP contribution >= 0.6 is 34.2 Å². The molecule has 0 aliphatic carbocycles. The number of nitrogens with zero attached hydrogens (tertiary/aromatic N) is 5. The molecule has 0 saturated carbocycles. The summed E-state index contributed by atoms with van der Waals surface area (Å²) in [4.78, 5) is 23.0. The van der Waals surface area contributed by atoms with Gasteiger partial charge >= 0.3 is 6.09 Å². The molecule has 0 radical (unpaired) electrons. The fourth-order valence-electron chi connectivity index (χ4n) is 5.21. The maximum absolute atomic E-state index is 11.3. The van der Waals surface area contributed by atoms with Crippen LogP contribution in [0.4, 0.5) is 10.6 Å². The summed E-state index contributed by atoms with van der Waals surface area (Å²) in [6.45, 7) is 4.58. The zero-order chi connectivity index (χ0) is 22.5. The summed E-state index contributed by atoms with van der Waals surface area (Å²) in [6.07, 6.45) is 3.31. The lowest BCUT2D eigenvalue weighted by Gasteiger charge is -2.42. The number of fused-ring (bicyclic) bond motifs is 1. The second kappa shape index (κ2) is 8.73. The van der Waals surface area contributed by atoms with E-state index in [0.717, 1.165) is 42.4 Å². The highest BCUT2D eigenvalue weighted by molar-refractivity contribution is 14.1. The van der Waals surface area contributed by atoms with Gasteiger partial charge in [0, 0.05) is 25.1 Å². The van der Waals surface area contributed by atoms with E-state index in [9.17, 15) is 9.90 Å². The molecule has 1 unspecified atom stereocenters. The third-order valence-electron chi connectivity index (χ3n) is 6.96. The van der Waals surface area contributed by atoms with E-state index in [4.69, 9.17) is 26.1 Å². The van der Waals surface area contributed by atoms with Crippen molar-refractivity contribution in [3.8, 4) is 0 Å². The van der Waals surface area contributed by atoms with Gasteiger partial charge < -0.3 is 24.8 Å². The average molecular weight is 577 g/mol. The van der Waals surface area contributed by atoms with Crippen molar-refractivity contribution in [2.75, 3.05) is 31.2 Å². The van der Waals surface area contributed by atoms with Gasteiger partial charge in [0.15, 0.2) is 26.5 Å². The number of halogens is 2. The lowest BCUT2D eigenvalue weighted by molar-refractivity contribution is -0.0372. The predicted octanol–water partition coefficient (Wildman–Crippen LogP) is 3.42. The summed E-state index contributed by atoms with van der Waals surface area (Å²) in [5.74, 6) is 0.636. The van der Waals surface area contributed by atoms with E-state index in [1.54, 1.807) is 0 Å². The minimum absolute atomic E-state index is 0.136. The van der Waals surface area contributed by atoms with Gasteiger partial charge in [-0.2, -0.15) is 5.10 Å². The Balaban J connectivity index is 1.41. The van der Waals surface area contributed by atoms with Gasteiger partial charge in [-0.05, 0) is 61.6 Å². The molecule has 1 amide bonds. The molecular formula is C20H26ClIN6O4. The monoisotopic (exact) mass is 576 g/mol. The van der Waals surface area contributed by atoms with Gasteiger partial charge in [0.25, 0.3) is 0 Å². The Bertz CT molecular complexity index is 1020. The smallest absolute Gasteiger partial charge is 0.404 e. The van der Waals surface area contributed by atoms with E-state index >= 15 is 0 Å². The average Bonchev–Trinajstić information content (AvgIpc) is 3.26. The van der Waals surface area contributed by atoms with Crippen LogP contribution in [-0.2, 0) is 9.47 Å². The largest absolute Gasteiger partial charge is 0.465 e. The molecule has 5 heterocycles. The molecular weight excluding hydrogens is 551 g/mol. The lowest BCUT2D eigenvalue weighted by atomic mass is 9.73. The first kappa shape index (κ1) is 22.4. The molecule has 1 spiro atoms. The van der Waals surface area contributed by atoms with Gasteiger partial charge in [-0.3, -0.25) is 0 Å². The Labute approximate surface area is 204 Å². The normalized spacial score (nSPS) is 27.8. The number of amides is 1. The van der Waals surface area contributed by atoms with Gasteiger partial charge in [-0.25, -0.2) is 19.4 Å². The summed E-state index contributed by atoms with van der Waals surface area (Å²) >= 11 is 8.74. The number of aromatic nitrogens is 4. The van der Waals surface area contributed by atoms with Crippen molar-refractivity contribution in [2.24, 2.45) is 5.41 Å². The van der Waals surface area contributed by atoms with E-state index < -0.39 is 6.09 Å². The first-order valence-electron chi connectivity index (χ1n) is 11.0. The Morgan fingerprint density at radius 2 is 2.06 bits per heavy atom. The van der Waals surface area contributed by atoms with Crippen molar-refractivity contribution in [1.29, 1.82) is 0 Å². The topological polar surface area (TPSA) is 115 Å². The zero-order valence-electron chi connectivity index (χ0n) is 17.8. The van der Waals surface area contributed by atoms with E-state index in [0.29, 0.717) is 41.8 Å². The third-order valence-corrected chi connectivity index (χ3v) is 7.94. The number of piperidine rings is 1. The quantitative estimate of drug-likeness (QED) is 0.535. The van der Waals surface area contributed by atoms with Crippen LogP contribution in [0.2, 0.25) is 5.15 Å². The molecule has 3 aliphatic heterocycles. The van der Waals surface area contributed by atoms with Crippen LogP contribution in [0.1, 0.15) is 45.3 Å². The van der Waals surface area contributed by atoms with Gasteiger partial charge in [-0.1, -0.05) is 11.6 Å². The first-order chi connectivity index (χ1) is 15.4. The Morgan fingerprint density at radius 3 is 2.75 bits per heavy atom. The van der Waals surface area contributed by atoms with Crippen LogP contribution in [0.3, 0.4) is 0 Å². The summed E-state index contributed by atoms with van der Waals surface area (Å²) in [5, 5.41) is 17.0. The fourth-order valence-corrected chi connectivity index (χ4v) is 6.05. The van der Waals surface area contributed by atoms with Crippen molar-refractivity contribution in [2.45, 2.75) is 57.4 Å². The van der Waals surface area contributed by atoms with Crippen LogP contribution in [0.25, 0.3) is 11.2 Å². The van der Waals surface area contributed by atoms with E-state index in [2.05, 4.69) is 42.9 Å². The maximum atomic E-state index is 11.3. The lowest BCUT2D eigenvalue weighted by Crippen LogP contribution is -2.54. The SMILES string of the molecule is C[C@@H]1OCC2(CCN(c3nc4c(nc3Cl)c(I)nn4C3CCCCO3)CC2)[C@@H]1NC(=O)O. The van der Waals surface area contributed by atoms with E-state index in [1.807, 2.05) is 11.6 Å². The Kier molecular flexibility index (Phi) is 6.10. The summed E-state index contributed by atoms with van der Waals surface area (Å²) in [7, 11) is 0. The second-order valence-corrected chi connectivity index (χ2v) is 10.2. The summed E-state index contributed by atoms with van der Waals surface area (Å²) in [6, 6.07) is -0.224. The molecule has 5 rings (SSSR count). The molecule has 3 atom stereocenters. The predicted molar refractivity (Wildman–Crippen MR) is 126 cm³/mol. The van der Waals surface area contributed by atoms with Gasteiger partial charge in [0.2, 0.25) is 0 Å². The van der Waals surface area contributed by atoms with Crippen molar-refractivity contribution in [3.05, 3.63) is 8.85 Å². The molecule has 32 heavy (non-hydrogen) atoms. The number of rotatable bonds is 3. The molecule has 12 heteroatoms. The van der Waals surface area contributed by atoms with Crippen LogP contribution < -0.4 is 10.2 Å². The highest BCUT2D eigenvalue weighted by atomic mass is 127. The zero-order valence-corrected chi connectivity index (χ0v) is 20.7. The summed E-state index contributed by atoms with van der Waals surface area (Å²) < 4.78 is 14.4. The summed E-state index contributed by atoms with van der Waals surface area (Å²) in [5.41, 5.74) is 1.15. The molecule has 0 aromatic carbocycles. The standard InChI is InChI=1S/C20H26ClIN6O4/c1-11-14(24-19(29)30)20(10-32-11)5-7-27(8-6-20)18-15(21)23-13-16(22)26-28(17(13)25-18)12-4-2-3-9-31-12/h11-12,14,24H,2-10H2,1H3,(H,29,30)/t11-,12?,14+/m0/s1. The number of anilines is 1. The van der Waals surface area contributed by atoms with Crippen molar-refractivity contribution < 1.29 is 19.4 Å². The fraction of sp³-hybridized carbons (Fsp3) is 0.700. The molecule has 3 aliphatic rings. The van der Waals surface area contributed by atoms with Crippen LogP contribution in [-0.4, -0.2) is 69.4 Å². The number of ether oxygens (including phenoxy) is 2. The third kappa shape index (κ3) is 3.90. The molecule has 3 saturated heterocycles. The molecule has 10 nitrogen and oxygen atoms in total. The minimum Gasteiger partial charge on any atom is -0.465 e. The number of hydrogen-bond donors (Lipinski definition) is 2. The molecule has 2 aromatic heterocycles. The molecule has 2 aromatic rings. The molecule has 2 N–H and O–H groups in total. The van der Waals surface area contributed by atoms with Gasteiger partial charge in [-0.15, -0.1) is 0 Å². The van der Waals surface area contributed by atoms with Gasteiger partial charge in [0.1, 0.15) is 5.52 Å². The maximum Gasteiger partial charge on any atom is 0.404 e. The number of carbonyl (C=O) groups is 1. The second-order valence-electron chi connectivity index (χ2n) is 8.86. The number of hydrogen-bond acceptors (Lipinski definition) is 7. The van der Waals surface area contributed by atoms with Crippen molar-refractivity contribution in [3.63, 3.8) is 0 Å². The minimum atomic E-state index is -1.01. The molecule has 3 fully saturated rings. The highest BCUT2D eigenvalue weighted by Gasteiger charge is 2.50. The van der Waals surface area contributed by atoms with E-state index in [-0.39, 0.29) is 23.8 Å². The number of nitrogens with one attached hydrogen (secondary N) is 1. The molecule has 0 bridgehead atoms. The van der Waals surface area contributed by atoms with Crippen LogP contribution in [0.5, 0.6) is 0 Å². The van der Waals surface area contributed by atoms with E-state index in [1.165, 1.54) is 0 Å². The first-order valence-corrected chi connectivity index (χ1v) is 12.4. The van der Waals surface area contributed by atoms with Crippen LogP contribution in [0.15, 0.2) is 0 Å². The van der Waals surface area contributed by atoms with Gasteiger partial charge in [0.05, 0.1) is 18.8 Å². The Morgan fingerprint density at radius 1 is 1.28 bits per heavy atom. The Hall–Kier alpha value is -1.44.